The van der Waals surface area contributed by atoms with Gasteiger partial charge in [-0.1, -0.05) is 42.5 Å². The number of amides is 1. The van der Waals surface area contributed by atoms with Gasteiger partial charge in [-0.15, -0.1) is 0 Å². The Labute approximate surface area is 170 Å². The van der Waals surface area contributed by atoms with Gasteiger partial charge in [-0.25, -0.2) is 4.79 Å². The number of aliphatic carboxylic acids is 1. The number of anilines is 1. The fourth-order valence-electron chi connectivity index (χ4n) is 2.82. The molecule has 1 amide bonds. The summed E-state index contributed by atoms with van der Waals surface area (Å²) in [5, 5.41) is 11.4. The summed E-state index contributed by atoms with van der Waals surface area (Å²) in [6, 6.07) is 17.8. The Morgan fingerprint density at radius 3 is 2.10 bits per heavy atom. The third-order valence-electron chi connectivity index (χ3n) is 4.28. The van der Waals surface area contributed by atoms with Crippen LogP contribution in [0.3, 0.4) is 0 Å². The number of rotatable bonds is 5. The molecular formula is C23H16F3NO3. The second-order valence-corrected chi connectivity index (χ2v) is 6.37. The largest absolute Gasteiger partial charge is 0.478 e. The molecule has 0 aromatic heterocycles. The van der Waals surface area contributed by atoms with Crippen molar-refractivity contribution in [2.24, 2.45) is 0 Å². The summed E-state index contributed by atoms with van der Waals surface area (Å²) in [5.41, 5.74) is 1.69. The molecule has 0 radical (unpaired) electrons. The van der Waals surface area contributed by atoms with E-state index in [0.29, 0.717) is 27.9 Å². The van der Waals surface area contributed by atoms with Crippen molar-refractivity contribution >= 4 is 23.6 Å². The summed E-state index contributed by atoms with van der Waals surface area (Å²) >= 11 is 0. The van der Waals surface area contributed by atoms with Crippen molar-refractivity contribution in [1.82, 2.24) is 0 Å². The summed E-state index contributed by atoms with van der Waals surface area (Å²) in [4.78, 5) is 23.3. The molecule has 0 saturated heterocycles. The fraction of sp³-hybridized carbons (Fsp3) is 0.0435. The van der Waals surface area contributed by atoms with Crippen LogP contribution >= 0.6 is 0 Å². The summed E-state index contributed by atoms with van der Waals surface area (Å²) in [6.07, 6.45) is -2.00. The highest BCUT2D eigenvalue weighted by atomic mass is 19.4. The van der Waals surface area contributed by atoms with Gasteiger partial charge in [0.05, 0.1) is 5.56 Å². The van der Waals surface area contributed by atoms with Crippen LogP contribution in [-0.2, 0) is 11.0 Å². The number of carboxylic acids is 1. The van der Waals surface area contributed by atoms with Crippen LogP contribution in [0.4, 0.5) is 18.9 Å². The minimum absolute atomic E-state index is 0.312. The molecule has 0 atom stereocenters. The van der Waals surface area contributed by atoms with E-state index in [-0.39, 0.29) is 0 Å². The molecule has 0 unspecified atom stereocenters. The van der Waals surface area contributed by atoms with Gasteiger partial charge >= 0.3 is 12.1 Å². The van der Waals surface area contributed by atoms with Crippen molar-refractivity contribution in [3.63, 3.8) is 0 Å². The number of halogens is 3. The van der Waals surface area contributed by atoms with Gasteiger partial charge in [-0.05, 0) is 53.1 Å². The molecule has 4 nitrogen and oxygen atoms in total. The third-order valence-corrected chi connectivity index (χ3v) is 4.28. The van der Waals surface area contributed by atoms with Crippen molar-refractivity contribution in [2.75, 3.05) is 5.32 Å². The smallest absolute Gasteiger partial charge is 0.416 e. The lowest BCUT2D eigenvalue weighted by atomic mass is 9.98. The van der Waals surface area contributed by atoms with Gasteiger partial charge in [-0.3, -0.25) is 4.79 Å². The van der Waals surface area contributed by atoms with Crippen LogP contribution in [0.1, 0.15) is 21.5 Å². The monoisotopic (exact) mass is 411 g/mol. The molecule has 30 heavy (non-hydrogen) atoms. The molecule has 0 aliphatic rings. The third kappa shape index (κ3) is 5.14. The van der Waals surface area contributed by atoms with Crippen molar-refractivity contribution in [3.8, 4) is 11.1 Å². The van der Waals surface area contributed by atoms with E-state index in [1.54, 1.807) is 48.5 Å². The van der Waals surface area contributed by atoms with Crippen LogP contribution in [-0.4, -0.2) is 17.0 Å². The van der Waals surface area contributed by atoms with Crippen LogP contribution in [0.2, 0.25) is 0 Å². The van der Waals surface area contributed by atoms with Gasteiger partial charge in [0.1, 0.15) is 0 Å². The second kappa shape index (κ2) is 8.65. The lowest BCUT2D eigenvalue weighted by Gasteiger charge is -2.12. The number of hydrogen-bond donors (Lipinski definition) is 2. The van der Waals surface area contributed by atoms with Crippen LogP contribution in [0, 0.1) is 0 Å². The SMILES string of the molecule is O=C(O)C=Cc1ccc(NC(=O)c2ccccc2-c2ccc(C(F)(F)F)cc2)cc1. The van der Waals surface area contributed by atoms with Crippen LogP contribution in [0.15, 0.2) is 78.9 Å². The molecule has 0 spiro atoms. The maximum atomic E-state index is 12.8. The van der Waals surface area contributed by atoms with Crippen LogP contribution < -0.4 is 5.32 Å². The maximum absolute atomic E-state index is 12.8. The number of hydrogen-bond acceptors (Lipinski definition) is 2. The van der Waals surface area contributed by atoms with Crippen molar-refractivity contribution in [2.45, 2.75) is 6.18 Å². The molecule has 3 rings (SSSR count). The molecule has 0 aliphatic heterocycles. The lowest BCUT2D eigenvalue weighted by Crippen LogP contribution is -2.13. The van der Waals surface area contributed by atoms with E-state index >= 15 is 0 Å². The molecule has 152 valence electrons. The molecule has 0 bridgehead atoms. The first-order valence-electron chi connectivity index (χ1n) is 8.83. The Balaban J connectivity index is 1.81. The summed E-state index contributed by atoms with van der Waals surface area (Å²) in [7, 11) is 0. The highest BCUT2D eigenvalue weighted by Crippen LogP contribution is 2.32. The Morgan fingerprint density at radius 1 is 0.867 bits per heavy atom. The number of carbonyl (C=O) groups is 2. The van der Waals surface area contributed by atoms with E-state index in [1.807, 2.05) is 0 Å². The fourth-order valence-corrected chi connectivity index (χ4v) is 2.82. The van der Waals surface area contributed by atoms with Gasteiger partial charge in [-0.2, -0.15) is 13.2 Å². The van der Waals surface area contributed by atoms with E-state index in [4.69, 9.17) is 5.11 Å². The highest BCUT2D eigenvalue weighted by Gasteiger charge is 2.30. The zero-order valence-electron chi connectivity index (χ0n) is 15.5. The average molecular weight is 411 g/mol. The van der Waals surface area contributed by atoms with Crippen LogP contribution in [0.25, 0.3) is 17.2 Å². The molecule has 3 aromatic rings. The molecule has 0 saturated carbocycles. The first-order valence-corrected chi connectivity index (χ1v) is 8.83. The number of alkyl halides is 3. The molecule has 0 aliphatic carbocycles. The summed E-state index contributed by atoms with van der Waals surface area (Å²) < 4.78 is 38.4. The van der Waals surface area contributed by atoms with Crippen molar-refractivity contribution in [3.05, 3.63) is 95.6 Å². The predicted octanol–water partition coefficient (Wildman–Crippen LogP) is 5.72. The van der Waals surface area contributed by atoms with Gasteiger partial charge in [0.25, 0.3) is 5.91 Å². The van der Waals surface area contributed by atoms with E-state index in [0.717, 1.165) is 18.2 Å². The van der Waals surface area contributed by atoms with Gasteiger partial charge in [0, 0.05) is 17.3 Å². The van der Waals surface area contributed by atoms with Gasteiger partial charge < -0.3 is 10.4 Å². The Hall–Kier alpha value is -3.87. The van der Waals surface area contributed by atoms with E-state index in [2.05, 4.69) is 5.32 Å². The molecule has 0 heterocycles. The highest BCUT2D eigenvalue weighted by molar-refractivity contribution is 6.08. The molecule has 0 fully saturated rings. The van der Waals surface area contributed by atoms with Crippen molar-refractivity contribution < 1.29 is 27.9 Å². The number of nitrogens with one attached hydrogen (secondary N) is 1. The number of carbonyl (C=O) groups excluding carboxylic acids is 1. The van der Waals surface area contributed by atoms with Gasteiger partial charge in [0.15, 0.2) is 0 Å². The zero-order chi connectivity index (χ0) is 21.7. The van der Waals surface area contributed by atoms with Gasteiger partial charge in [0.2, 0.25) is 0 Å². The van der Waals surface area contributed by atoms with Crippen LogP contribution in [0.5, 0.6) is 0 Å². The molecule has 3 aromatic carbocycles. The predicted molar refractivity (Wildman–Crippen MR) is 108 cm³/mol. The minimum atomic E-state index is -4.43. The normalized spacial score (nSPS) is 11.4. The number of carboxylic acid groups (broad SMARTS) is 1. The number of benzene rings is 3. The first-order chi connectivity index (χ1) is 14.2. The lowest BCUT2D eigenvalue weighted by molar-refractivity contribution is -0.137. The molecular weight excluding hydrogens is 395 g/mol. The maximum Gasteiger partial charge on any atom is 0.416 e. The summed E-state index contributed by atoms with van der Waals surface area (Å²) in [6.45, 7) is 0. The topological polar surface area (TPSA) is 66.4 Å². The minimum Gasteiger partial charge on any atom is -0.478 e. The van der Waals surface area contributed by atoms with E-state index in [1.165, 1.54) is 18.2 Å². The Kier molecular flexibility index (Phi) is 6.01. The zero-order valence-corrected chi connectivity index (χ0v) is 15.5. The quantitative estimate of drug-likeness (QED) is 0.528. The average Bonchev–Trinajstić information content (AvgIpc) is 2.72. The summed E-state index contributed by atoms with van der Waals surface area (Å²) in [5.74, 6) is -1.48. The van der Waals surface area contributed by atoms with E-state index in [9.17, 15) is 22.8 Å². The molecule has 2 N–H and O–H groups in total. The molecule has 7 heteroatoms. The second-order valence-electron chi connectivity index (χ2n) is 6.37. The standard InChI is InChI=1S/C23H16F3NO3/c24-23(25,26)17-10-8-16(9-11-17)19-3-1-2-4-20(19)22(30)27-18-12-5-15(6-13-18)7-14-21(28)29/h1-14H,(H,27,30)(H,28,29). The first kappa shape index (κ1) is 20.9. The Morgan fingerprint density at radius 2 is 1.50 bits per heavy atom. The van der Waals surface area contributed by atoms with Crippen molar-refractivity contribution in [1.29, 1.82) is 0 Å². The Bertz CT molecular complexity index is 1090. The van der Waals surface area contributed by atoms with E-state index < -0.39 is 23.6 Å².